The fourth-order valence-corrected chi connectivity index (χ4v) is 0.654. The lowest BCUT2D eigenvalue weighted by Crippen LogP contribution is -2.18. The van der Waals surface area contributed by atoms with E-state index in [4.69, 9.17) is 11.0 Å². The van der Waals surface area contributed by atoms with Gasteiger partial charge < -0.3 is 5.73 Å². The molecule has 0 aliphatic carbocycles. The SMILES string of the molecule is N#CNC(=O)c1ccc(N)cn1. The summed E-state index contributed by atoms with van der Waals surface area (Å²) < 4.78 is 0. The molecule has 0 atom stereocenters. The molecule has 1 amide bonds. The normalized spacial score (nSPS) is 8.58. The van der Waals surface area contributed by atoms with Crippen LogP contribution in [0.3, 0.4) is 0 Å². The number of hydrogen-bond acceptors (Lipinski definition) is 4. The Bertz CT molecular complexity index is 324. The number of pyridine rings is 1. The number of carbonyl (C=O) groups excluding carboxylic acids is 1. The predicted octanol–water partition coefficient (Wildman–Crippen LogP) is -0.125. The Kier molecular flexibility index (Phi) is 2.23. The molecule has 3 N–H and O–H groups in total. The van der Waals surface area contributed by atoms with Gasteiger partial charge in [-0.05, 0) is 12.1 Å². The summed E-state index contributed by atoms with van der Waals surface area (Å²) >= 11 is 0. The summed E-state index contributed by atoms with van der Waals surface area (Å²) in [6.07, 6.45) is 2.86. The molecule has 0 saturated carbocycles. The highest BCUT2D eigenvalue weighted by Crippen LogP contribution is 2.00. The Morgan fingerprint density at radius 3 is 2.92 bits per heavy atom. The number of nitrogens with zero attached hydrogens (tertiary/aromatic N) is 2. The summed E-state index contributed by atoms with van der Waals surface area (Å²) in [6, 6.07) is 2.99. The highest BCUT2D eigenvalue weighted by atomic mass is 16.1. The molecule has 1 rings (SSSR count). The third-order valence-electron chi connectivity index (χ3n) is 1.19. The smallest absolute Gasteiger partial charge is 0.282 e. The Morgan fingerprint density at radius 2 is 2.42 bits per heavy atom. The summed E-state index contributed by atoms with van der Waals surface area (Å²) in [5.74, 6) is -0.530. The number of carbonyl (C=O) groups is 1. The van der Waals surface area contributed by atoms with Crippen molar-refractivity contribution < 1.29 is 4.79 Å². The molecule has 12 heavy (non-hydrogen) atoms. The van der Waals surface area contributed by atoms with Gasteiger partial charge in [-0.15, -0.1) is 0 Å². The third kappa shape index (κ3) is 1.70. The number of nitrogen functional groups attached to an aromatic ring is 1. The summed E-state index contributed by atoms with van der Waals surface area (Å²) in [5.41, 5.74) is 5.99. The van der Waals surface area contributed by atoms with E-state index in [-0.39, 0.29) is 5.69 Å². The van der Waals surface area contributed by atoms with Crippen molar-refractivity contribution in [3.05, 3.63) is 24.0 Å². The Hall–Kier alpha value is -2.09. The topological polar surface area (TPSA) is 91.8 Å². The molecular formula is C7H6N4O. The van der Waals surface area contributed by atoms with Crippen LogP contribution in [0.4, 0.5) is 5.69 Å². The first-order valence-electron chi connectivity index (χ1n) is 3.15. The maximum absolute atomic E-state index is 10.9. The van der Waals surface area contributed by atoms with Crippen molar-refractivity contribution >= 4 is 11.6 Å². The lowest BCUT2D eigenvalue weighted by Gasteiger charge is -1.95. The fourth-order valence-electron chi connectivity index (χ4n) is 0.654. The molecule has 1 aromatic heterocycles. The molecule has 5 heteroatoms. The first kappa shape index (κ1) is 8.01. The first-order valence-corrected chi connectivity index (χ1v) is 3.15. The minimum atomic E-state index is -0.530. The van der Waals surface area contributed by atoms with E-state index >= 15 is 0 Å². The van der Waals surface area contributed by atoms with Crippen LogP contribution in [0.2, 0.25) is 0 Å². The second kappa shape index (κ2) is 3.34. The van der Waals surface area contributed by atoms with Gasteiger partial charge in [0.05, 0.1) is 11.9 Å². The number of anilines is 1. The van der Waals surface area contributed by atoms with Crippen LogP contribution in [0.5, 0.6) is 0 Å². The molecule has 0 bridgehead atoms. The van der Waals surface area contributed by atoms with E-state index in [1.54, 1.807) is 6.07 Å². The van der Waals surface area contributed by atoms with Crippen molar-refractivity contribution in [1.82, 2.24) is 10.3 Å². The van der Waals surface area contributed by atoms with Crippen molar-refractivity contribution in [3.63, 3.8) is 0 Å². The summed E-state index contributed by atoms with van der Waals surface area (Å²) in [5, 5.41) is 10.1. The maximum atomic E-state index is 10.9. The van der Waals surface area contributed by atoms with Gasteiger partial charge in [0.1, 0.15) is 5.69 Å². The molecule has 1 heterocycles. The van der Waals surface area contributed by atoms with Gasteiger partial charge >= 0.3 is 0 Å². The van der Waals surface area contributed by atoms with E-state index in [1.165, 1.54) is 18.5 Å². The molecule has 0 unspecified atom stereocenters. The van der Waals surface area contributed by atoms with Gasteiger partial charge in [0, 0.05) is 0 Å². The lowest BCUT2D eigenvalue weighted by atomic mass is 10.3. The van der Waals surface area contributed by atoms with E-state index in [2.05, 4.69) is 4.98 Å². The number of amides is 1. The molecule has 1 aromatic rings. The van der Waals surface area contributed by atoms with Crippen molar-refractivity contribution in [2.24, 2.45) is 0 Å². The highest BCUT2D eigenvalue weighted by molar-refractivity contribution is 5.93. The van der Waals surface area contributed by atoms with E-state index in [0.717, 1.165) is 0 Å². The standard InChI is InChI=1S/C7H6N4O/c8-4-11-7(12)6-2-1-5(9)3-10-6/h1-3H,9H2,(H,11,12). The molecule has 0 fully saturated rings. The largest absolute Gasteiger partial charge is 0.397 e. The van der Waals surface area contributed by atoms with Gasteiger partial charge in [0.15, 0.2) is 6.19 Å². The zero-order chi connectivity index (χ0) is 8.97. The highest BCUT2D eigenvalue weighted by Gasteiger charge is 2.04. The van der Waals surface area contributed by atoms with Gasteiger partial charge in [-0.2, -0.15) is 5.26 Å². The van der Waals surface area contributed by atoms with E-state index in [9.17, 15) is 4.79 Å². The van der Waals surface area contributed by atoms with Crippen LogP contribution in [0.25, 0.3) is 0 Å². The summed E-state index contributed by atoms with van der Waals surface area (Å²) in [6.45, 7) is 0. The van der Waals surface area contributed by atoms with Crippen LogP contribution >= 0.6 is 0 Å². The molecule has 0 radical (unpaired) electrons. The van der Waals surface area contributed by atoms with Gasteiger partial charge in [0.2, 0.25) is 0 Å². The Morgan fingerprint density at radius 1 is 1.67 bits per heavy atom. The third-order valence-corrected chi connectivity index (χ3v) is 1.19. The second-order valence-corrected chi connectivity index (χ2v) is 2.04. The van der Waals surface area contributed by atoms with Gasteiger partial charge in [0.25, 0.3) is 5.91 Å². The van der Waals surface area contributed by atoms with E-state index in [0.29, 0.717) is 5.69 Å². The van der Waals surface area contributed by atoms with Crippen LogP contribution in [0.15, 0.2) is 18.3 Å². The molecule has 5 nitrogen and oxygen atoms in total. The molecule has 0 spiro atoms. The molecular weight excluding hydrogens is 156 g/mol. The molecule has 60 valence electrons. The van der Waals surface area contributed by atoms with Crippen LogP contribution in [0.1, 0.15) is 10.5 Å². The number of hydrogen-bond donors (Lipinski definition) is 2. The fraction of sp³-hybridized carbons (Fsp3) is 0. The number of rotatable bonds is 1. The molecule has 0 aliphatic rings. The second-order valence-electron chi connectivity index (χ2n) is 2.04. The van der Waals surface area contributed by atoms with Crippen molar-refractivity contribution in [2.75, 3.05) is 5.73 Å². The monoisotopic (exact) mass is 162 g/mol. The first-order chi connectivity index (χ1) is 5.74. The quantitative estimate of drug-likeness (QED) is 0.444. The zero-order valence-electron chi connectivity index (χ0n) is 6.11. The van der Waals surface area contributed by atoms with Crippen LogP contribution in [-0.2, 0) is 0 Å². The lowest BCUT2D eigenvalue weighted by molar-refractivity contribution is 0.0968. The number of nitriles is 1. The van der Waals surface area contributed by atoms with Crippen molar-refractivity contribution in [3.8, 4) is 6.19 Å². The molecule has 0 aliphatic heterocycles. The van der Waals surface area contributed by atoms with Crippen LogP contribution in [-0.4, -0.2) is 10.9 Å². The van der Waals surface area contributed by atoms with Crippen LogP contribution in [0, 0.1) is 11.5 Å². The van der Waals surface area contributed by atoms with E-state index in [1.807, 2.05) is 5.32 Å². The maximum Gasteiger partial charge on any atom is 0.282 e. The van der Waals surface area contributed by atoms with Crippen molar-refractivity contribution in [1.29, 1.82) is 5.26 Å². The van der Waals surface area contributed by atoms with Gasteiger partial charge in [-0.3, -0.25) is 10.1 Å². The average Bonchev–Trinajstić information content (AvgIpc) is 2.06. The Balaban J connectivity index is 2.84. The number of nitrogens with two attached hydrogens (primary N) is 1. The predicted molar refractivity (Wildman–Crippen MR) is 41.7 cm³/mol. The number of aromatic nitrogens is 1. The molecule has 0 saturated heterocycles. The summed E-state index contributed by atoms with van der Waals surface area (Å²) in [7, 11) is 0. The van der Waals surface area contributed by atoms with E-state index < -0.39 is 5.91 Å². The van der Waals surface area contributed by atoms with Crippen LogP contribution < -0.4 is 11.1 Å². The number of nitrogens with one attached hydrogen (secondary N) is 1. The Labute approximate surface area is 68.8 Å². The minimum Gasteiger partial charge on any atom is -0.397 e. The zero-order valence-corrected chi connectivity index (χ0v) is 6.11. The molecule has 0 aromatic carbocycles. The van der Waals surface area contributed by atoms with Crippen molar-refractivity contribution in [2.45, 2.75) is 0 Å². The minimum absolute atomic E-state index is 0.172. The summed E-state index contributed by atoms with van der Waals surface area (Å²) in [4.78, 5) is 14.6. The average molecular weight is 162 g/mol. The van der Waals surface area contributed by atoms with Gasteiger partial charge in [-0.25, -0.2) is 4.98 Å². The van der Waals surface area contributed by atoms with Gasteiger partial charge in [-0.1, -0.05) is 0 Å².